The third kappa shape index (κ3) is 1.26. The molecule has 0 aliphatic rings. The Labute approximate surface area is 77.2 Å². The Balaban J connectivity index is 2.68. The minimum absolute atomic E-state index is 0.381. The van der Waals surface area contributed by atoms with Gasteiger partial charge in [0.1, 0.15) is 0 Å². The second-order valence-electron chi connectivity index (χ2n) is 3.48. The Morgan fingerprint density at radius 2 is 2.15 bits per heavy atom. The number of nitrogens with two attached hydrogens (primary N) is 1. The molecule has 2 aromatic rings. The van der Waals surface area contributed by atoms with E-state index in [0.717, 1.165) is 16.6 Å². The minimum atomic E-state index is 0.381. The molecular weight excluding hydrogens is 162 g/mol. The molecule has 0 saturated heterocycles. The molecule has 0 aliphatic carbocycles. The van der Waals surface area contributed by atoms with Crippen molar-refractivity contribution in [2.24, 2.45) is 0 Å². The first-order valence-corrected chi connectivity index (χ1v) is 4.42. The molecule has 3 heteroatoms. The molecule has 2 rings (SSSR count). The van der Waals surface area contributed by atoms with E-state index in [1.807, 2.05) is 29.1 Å². The molecule has 13 heavy (non-hydrogen) atoms. The van der Waals surface area contributed by atoms with Crippen molar-refractivity contribution in [3.63, 3.8) is 0 Å². The van der Waals surface area contributed by atoms with E-state index >= 15 is 0 Å². The lowest BCUT2D eigenvalue weighted by molar-refractivity contribution is 0.537. The fourth-order valence-corrected chi connectivity index (χ4v) is 1.35. The Bertz CT molecular complexity index is 429. The van der Waals surface area contributed by atoms with E-state index in [9.17, 15) is 0 Å². The van der Waals surface area contributed by atoms with E-state index < -0.39 is 0 Å². The van der Waals surface area contributed by atoms with Crippen LogP contribution in [0.2, 0.25) is 0 Å². The lowest BCUT2D eigenvalue weighted by atomic mass is 10.2. The highest BCUT2D eigenvalue weighted by molar-refractivity contribution is 5.89. The zero-order valence-electron chi connectivity index (χ0n) is 7.86. The molecule has 0 radical (unpaired) electrons. The molecule has 0 spiro atoms. The molecule has 0 fully saturated rings. The summed E-state index contributed by atoms with van der Waals surface area (Å²) in [5.41, 5.74) is 7.58. The first kappa shape index (κ1) is 8.10. The summed E-state index contributed by atoms with van der Waals surface area (Å²) in [7, 11) is 0. The fourth-order valence-electron chi connectivity index (χ4n) is 1.35. The number of benzene rings is 1. The van der Waals surface area contributed by atoms with E-state index in [1.165, 1.54) is 0 Å². The van der Waals surface area contributed by atoms with Gasteiger partial charge in [0.2, 0.25) is 0 Å². The Morgan fingerprint density at radius 1 is 1.38 bits per heavy atom. The Kier molecular flexibility index (Phi) is 1.72. The standard InChI is InChI=1S/C10H13N3/c1-7(2)13-6-8-9(11)4-3-5-10(8)12-13/h3-7H,11H2,1-2H3. The van der Waals surface area contributed by atoms with Crippen LogP contribution in [0.5, 0.6) is 0 Å². The number of nitrogens with zero attached hydrogens (tertiary/aromatic N) is 2. The largest absolute Gasteiger partial charge is 0.398 e. The zero-order valence-corrected chi connectivity index (χ0v) is 7.86. The van der Waals surface area contributed by atoms with Gasteiger partial charge in [-0.15, -0.1) is 0 Å². The lowest BCUT2D eigenvalue weighted by Crippen LogP contribution is -1.99. The van der Waals surface area contributed by atoms with Crippen LogP contribution in [0.15, 0.2) is 24.4 Å². The predicted molar refractivity (Wildman–Crippen MR) is 54.5 cm³/mol. The molecular formula is C10H13N3. The zero-order chi connectivity index (χ0) is 9.42. The summed E-state index contributed by atoms with van der Waals surface area (Å²) in [4.78, 5) is 0. The van der Waals surface area contributed by atoms with E-state index in [2.05, 4.69) is 18.9 Å². The van der Waals surface area contributed by atoms with Gasteiger partial charge in [0.15, 0.2) is 0 Å². The first-order chi connectivity index (χ1) is 6.18. The van der Waals surface area contributed by atoms with Crippen molar-refractivity contribution in [1.82, 2.24) is 9.78 Å². The third-order valence-electron chi connectivity index (χ3n) is 2.13. The number of nitrogen functional groups attached to an aromatic ring is 1. The smallest absolute Gasteiger partial charge is 0.0944 e. The molecule has 2 N–H and O–H groups in total. The fraction of sp³-hybridized carbons (Fsp3) is 0.300. The van der Waals surface area contributed by atoms with Gasteiger partial charge in [0, 0.05) is 23.3 Å². The summed E-state index contributed by atoms with van der Waals surface area (Å²) in [6.07, 6.45) is 2.00. The highest BCUT2D eigenvalue weighted by Crippen LogP contribution is 2.20. The van der Waals surface area contributed by atoms with Crippen LogP contribution in [-0.2, 0) is 0 Å². The predicted octanol–water partition coefficient (Wildman–Crippen LogP) is 2.20. The van der Waals surface area contributed by atoms with Gasteiger partial charge < -0.3 is 5.73 Å². The summed E-state index contributed by atoms with van der Waals surface area (Å²) in [6, 6.07) is 6.18. The number of hydrogen-bond acceptors (Lipinski definition) is 2. The Hall–Kier alpha value is -1.51. The SMILES string of the molecule is CC(C)n1cc2c(N)cccc2n1. The number of aromatic nitrogens is 2. The highest BCUT2D eigenvalue weighted by atomic mass is 15.3. The molecule has 0 unspecified atom stereocenters. The number of rotatable bonds is 1. The van der Waals surface area contributed by atoms with Gasteiger partial charge >= 0.3 is 0 Å². The molecule has 0 saturated carbocycles. The van der Waals surface area contributed by atoms with Crippen LogP contribution < -0.4 is 5.73 Å². The van der Waals surface area contributed by atoms with E-state index in [-0.39, 0.29) is 0 Å². The summed E-state index contributed by atoms with van der Waals surface area (Å²) >= 11 is 0. The molecule has 3 nitrogen and oxygen atoms in total. The van der Waals surface area contributed by atoms with Crippen LogP contribution >= 0.6 is 0 Å². The molecule has 1 aromatic carbocycles. The van der Waals surface area contributed by atoms with E-state index in [4.69, 9.17) is 5.73 Å². The highest BCUT2D eigenvalue weighted by Gasteiger charge is 2.04. The van der Waals surface area contributed by atoms with Gasteiger partial charge in [0.05, 0.1) is 5.52 Å². The number of hydrogen-bond donors (Lipinski definition) is 1. The second-order valence-corrected chi connectivity index (χ2v) is 3.48. The topological polar surface area (TPSA) is 43.8 Å². The third-order valence-corrected chi connectivity index (χ3v) is 2.13. The van der Waals surface area contributed by atoms with Crippen molar-refractivity contribution in [3.8, 4) is 0 Å². The quantitative estimate of drug-likeness (QED) is 0.675. The average Bonchev–Trinajstić information content (AvgIpc) is 2.49. The summed E-state index contributed by atoms with van der Waals surface area (Å²) in [5, 5.41) is 5.45. The molecule has 1 aromatic heterocycles. The summed E-state index contributed by atoms with van der Waals surface area (Å²) in [5.74, 6) is 0. The summed E-state index contributed by atoms with van der Waals surface area (Å²) < 4.78 is 1.93. The van der Waals surface area contributed by atoms with Crippen molar-refractivity contribution in [3.05, 3.63) is 24.4 Å². The maximum Gasteiger partial charge on any atom is 0.0944 e. The minimum Gasteiger partial charge on any atom is -0.398 e. The van der Waals surface area contributed by atoms with Gasteiger partial charge in [-0.25, -0.2) is 0 Å². The molecule has 0 atom stereocenters. The first-order valence-electron chi connectivity index (χ1n) is 4.42. The molecule has 68 valence electrons. The summed E-state index contributed by atoms with van der Waals surface area (Å²) in [6.45, 7) is 4.20. The van der Waals surface area contributed by atoms with E-state index in [1.54, 1.807) is 0 Å². The van der Waals surface area contributed by atoms with Gasteiger partial charge in [0.25, 0.3) is 0 Å². The average molecular weight is 175 g/mol. The number of anilines is 1. The lowest BCUT2D eigenvalue weighted by Gasteiger charge is -2.02. The van der Waals surface area contributed by atoms with Crippen LogP contribution in [0, 0.1) is 0 Å². The van der Waals surface area contributed by atoms with Crippen molar-refractivity contribution in [2.45, 2.75) is 19.9 Å². The van der Waals surface area contributed by atoms with Crippen molar-refractivity contribution >= 4 is 16.6 Å². The van der Waals surface area contributed by atoms with Crippen LogP contribution in [-0.4, -0.2) is 9.78 Å². The van der Waals surface area contributed by atoms with E-state index in [0.29, 0.717) is 6.04 Å². The number of fused-ring (bicyclic) bond motifs is 1. The second kappa shape index (κ2) is 2.76. The van der Waals surface area contributed by atoms with Gasteiger partial charge in [-0.2, -0.15) is 5.10 Å². The normalized spacial score (nSPS) is 11.3. The van der Waals surface area contributed by atoms with Crippen LogP contribution in [0.25, 0.3) is 10.9 Å². The van der Waals surface area contributed by atoms with Gasteiger partial charge in [-0.05, 0) is 26.0 Å². The van der Waals surface area contributed by atoms with Crippen molar-refractivity contribution in [1.29, 1.82) is 0 Å². The van der Waals surface area contributed by atoms with Gasteiger partial charge in [-0.1, -0.05) is 6.07 Å². The van der Waals surface area contributed by atoms with Crippen LogP contribution in [0.4, 0.5) is 5.69 Å². The van der Waals surface area contributed by atoms with Crippen LogP contribution in [0.1, 0.15) is 19.9 Å². The Morgan fingerprint density at radius 3 is 2.77 bits per heavy atom. The molecule has 1 heterocycles. The van der Waals surface area contributed by atoms with Crippen molar-refractivity contribution < 1.29 is 0 Å². The van der Waals surface area contributed by atoms with Crippen LogP contribution in [0.3, 0.4) is 0 Å². The maximum atomic E-state index is 5.82. The molecule has 0 amide bonds. The van der Waals surface area contributed by atoms with Crippen molar-refractivity contribution in [2.75, 3.05) is 5.73 Å². The monoisotopic (exact) mass is 175 g/mol. The molecule has 0 aliphatic heterocycles. The maximum absolute atomic E-state index is 5.82. The molecule has 0 bridgehead atoms. The van der Waals surface area contributed by atoms with Gasteiger partial charge in [-0.3, -0.25) is 4.68 Å².